The van der Waals surface area contributed by atoms with Gasteiger partial charge in [-0.3, -0.25) is 0 Å². The first-order chi connectivity index (χ1) is 3.79. The maximum atomic E-state index is 5.30. The van der Waals surface area contributed by atoms with E-state index in [0.29, 0.717) is 14.9 Å². The highest BCUT2D eigenvalue weighted by Crippen LogP contribution is 2.24. The largest absolute Gasteiger partial charge is 0.355 e. The monoisotopic (exact) mass is 130 g/mol. The van der Waals surface area contributed by atoms with Gasteiger partial charge in [-0.1, -0.05) is 11.6 Å². The first kappa shape index (κ1) is 6.25. The van der Waals surface area contributed by atoms with Crippen LogP contribution in [0.4, 0.5) is 0 Å². The molecule has 2 atom stereocenters. The lowest BCUT2D eigenvalue weighted by molar-refractivity contribution is 0.304. The third-order valence-corrected chi connectivity index (χ3v) is 2.38. The van der Waals surface area contributed by atoms with Gasteiger partial charge in [0.05, 0.1) is 6.10 Å². The van der Waals surface area contributed by atoms with E-state index >= 15 is 0 Å². The van der Waals surface area contributed by atoms with Crippen molar-refractivity contribution in [2.75, 3.05) is 6.16 Å². The average Bonchev–Trinajstić information content (AvgIpc) is 1.64. The number of allylic oxidation sites excluding steroid dienone is 1. The fourth-order valence-corrected chi connectivity index (χ4v) is 1.54. The second-order valence-electron chi connectivity index (χ2n) is 2.16. The molecule has 2 unspecified atom stereocenters. The summed E-state index contributed by atoms with van der Waals surface area (Å²) in [5.41, 5.74) is 1.47. The summed E-state index contributed by atoms with van der Waals surface area (Å²) in [7, 11) is 0.694. The highest BCUT2D eigenvalue weighted by Gasteiger charge is 2.04. The Morgan fingerprint density at radius 1 is 1.88 bits per heavy atom. The minimum atomic E-state index is 0.363. The Hall–Kier alpha value is 0.130. The Balaban J connectivity index is 2.50. The molecule has 0 N–H and O–H groups in total. The summed E-state index contributed by atoms with van der Waals surface area (Å²) in [6, 6.07) is 0. The molecule has 2 heteroatoms. The van der Waals surface area contributed by atoms with Gasteiger partial charge in [0.25, 0.3) is 0 Å². The molecule has 1 aliphatic heterocycles. The zero-order valence-corrected chi connectivity index (χ0v) is 6.27. The van der Waals surface area contributed by atoms with Gasteiger partial charge < -0.3 is 4.52 Å². The molecule has 0 fully saturated rings. The van der Waals surface area contributed by atoms with E-state index in [9.17, 15) is 0 Å². The maximum absolute atomic E-state index is 5.30. The summed E-state index contributed by atoms with van der Waals surface area (Å²) in [4.78, 5) is 0. The van der Waals surface area contributed by atoms with Crippen LogP contribution in [-0.4, -0.2) is 12.3 Å². The van der Waals surface area contributed by atoms with Crippen LogP contribution in [0.5, 0.6) is 0 Å². The first-order valence-electron chi connectivity index (χ1n) is 2.85. The fraction of sp³-hybridized carbons (Fsp3) is 0.667. The molecule has 0 saturated carbocycles. The van der Waals surface area contributed by atoms with Crippen LogP contribution in [0, 0.1) is 0 Å². The van der Waals surface area contributed by atoms with Gasteiger partial charge in [0.15, 0.2) is 0 Å². The summed E-state index contributed by atoms with van der Waals surface area (Å²) in [5.74, 6) is 0. The quantitative estimate of drug-likeness (QED) is 0.359. The highest BCUT2D eigenvalue weighted by molar-refractivity contribution is 7.32. The van der Waals surface area contributed by atoms with Crippen molar-refractivity contribution in [3.05, 3.63) is 11.6 Å². The molecule has 0 aromatic carbocycles. The molecule has 0 saturated heterocycles. The second kappa shape index (κ2) is 2.61. The van der Waals surface area contributed by atoms with E-state index in [4.69, 9.17) is 4.52 Å². The molecule has 1 heterocycles. The normalized spacial score (nSPS) is 32.8. The first-order valence-corrected chi connectivity index (χ1v) is 3.96. The van der Waals surface area contributed by atoms with Crippen LogP contribution in [0.2, 0.25) is 0 Å². The molecule has 8 heavy (non-hydrogen) atoms. The van der Waals surface area contributed by atoms with Crippen molar-refractivity contribution in [1.29, 1.82) is 0 Å². The molecule has 0 bridgehead atoms. The molecule has 1 rings (SSSR count). The van der Waals surface area contributed by atoms with E-state index in [1.165, 1.54) is 5.57 Å². The van der Waals surface area contributed by atoms with Crippen molar-refractivity contribution in [2.45, 2.75) is 20.0 Å². The predicted molar refractivity (Wildman–Crippen MR) is 37.5 cm³/mol. The Kier molecular flexibility index (Phi) is 2.04. The fourth-order valence-electron chi connectivity index (χ4n) is 0.781. The van der Waals surface area contributed by atoms with Gasteiger partial charge in [-0.15, -0.1) is 0 Å². The molecule has 1 nitrogen and oxygen atoms in total. The minimum Gasteiger partial charge on any atom is -0.355 e. The molecule has 0 radical (unpaired) electrons. The number of rotatable bonds is 0. The smallest absolute Gasteiger partial charge is 0.0769 e. The predicted octanol–water partition coefficient (Wildman–Crippen LogP) is 1.94. The second-order valence-corrected chi connectivity index (χ2v) is 3.04. The maximum Gasteiger partial charge on any atom is 0.0769 e. The van der Waals surface area contributed by atoms with Gasteiger partial charge in [-0.25, -0.2) is 0 Å². The van der Waals surface area contributed by atoms with Crippen molar-refractivity contribution in [1.82, 2.24) is 0 Å². The molecule has 0 aromatic heterocycles. The van der Waals surface area contributed by atoms with E-state index in [0.717, 1.165) is 6.16 Å². The Labute approximate surface area is 52.0 Å². The van der Waals surface area contributed by atoms with Crippen LogP contribution in [0.3, 0.4) is 0 Å². The summed E-state index contributed by atoms with van der Waals surface area (Å²) in [5, 5.41) is 0. The van der Waals surface area contributed by atoms with Crippen molar-refractivity contribution >= 4 is 8.81 Å². The van der Waals surface area contributed by atoms with Crippen molar-refractivity contribution in [2.24, 2.45) is 0 Å². The zero-order chi connectivity index (χ0) is 5.98. The number of hydrogen-bond acceptors (Lipinski definition) is 1. The molecule has 46 valence electrons. The van der Waals surface area contributed by atoms with E-state index in [1.807, 2.05) is 0 Å². The Morgan fingerprint density at radius 2 is 2.62 bits per heavy atom. The summed E-state index contributed by atoms with van der Waals surface area (Å²) in [6.07, 6.45) is 3.68. The van der Waals surface area contributed by atoms with E-state index in [1.54, 1.807) is 0 Å². The van der Waals surface area contributed by atoms with Gasteiger partial charge in [0.2, 0.25) is 0 Å². The Morgan fingerprint density at radius 3 is 3.00 bits per heavy atom. The average molecular weight is 130 g/mol. The summed E-state index contributed by atoms with van der Waals surface area (Å²) >= 11 is 0. The minimum absolute atomic E-state index is 0.363. The van der Waals surface area contributed by atoms with E-state index < -0.39 is 0 Å². The van der Waals surface area contributed by atoms with Gasteiger partial charge in [0.1, 0.15) is 0 Å². The highest BCUT2D eigenvalue weighted by atomic mass is 31.1. The van der Waals surface area contributed by atoms with E-state index in [2.05, 4.69) is 19.9 Å². The van der Waals surface area contributed by atoms with Crippen LogP contribution in [-0.2, 0) is 4.52 Å². The third-order valence-electron chi connectivity index (χ3n) is 1.14. The molecule has 0 aromatic rings. The third kappa shape index (κ3) is 1.57. The molecular formula is C6H11OP. The van der Waals surface area contributed by atoms with Crippen LogP contribution in [0.1, 0.15) is 13.8 Å². The van der Waals surface area contributed by atoms with Crippen LogP contribution in [0.25, 0.3) is 0 Å². The van der Waals surface area contributed by atoms with Crippen LogP contribution in [0.15, 0.2) is 11.6 Å². The molecular weight excluding hydrogens is 119 g/mol. The summed E-state index contributed by atoms with van der Waals surface area (Å²) in [6.45, 7) is 4.24. The molecule has 0 amide bonds. The molecule has 0 spiro atoms. The standard InChI is InChI=1S/C6H11OP/c1-5-3-6(2)7-8-4-5/h3,6,8H,4H2,1-2H3. The lowest BCUT2D eigenvalue weighted by Gasteiger charge is -2.15. The molecule has 1 aliphatic rings. The number of hydrogen-bond donors (Lipinski definition) is 0. The van der Waals surface area contributed by atoms with Gasteiger partial charge in [-0.2, -0.15) is 0 Å². The lowest BCUT2D eigenvalue weighted by Crippen LogP contribution is -2.04. The topological polar surface area (TPSA) is 9.23 Å². The van der Waals surface area contributed by atoms with E-state index in [-0.39, 0.29) is 0 Å². The van der Waals surface area contributed by atoms with Crippen molar-refractivity contribution < 1.29 is 4.52 Å². The zero-order valence-electron chi connectivity index (χ0n) is 5.27. The van der Waals surface area contributed by atoms with Crippen LogP contribution >= 0.6 is 8.81 Å². The van der Waals surface area contributed by atoms with Gasteiger partial charge in [-0.05, 0) is 13.8 Å². The Bertz CT molecular complexity index is 109. The summed E-state index contributed by atoms with van der Waals surface area (Å²) < 4.78 is 5.30. The SMILES string of the molecule is CC1=CC(C)OPC1. The van der Waals surface area contributed by atoms with Crippen molar-refractivity contribution in [3.63, 3.8) is 0 Å². The lowest BCUT2D eigenvalue weighted by atomic mass is 10.2. The van der Waals surface area contributed by atoms with Gasteiger partial charge >= 0.3 is 0 Å². The van der Waals surface area contributed by atoms with Crippen LogP contribution < -0.4 is 0 Å². The van der Waals surface area contributed by atoms with Crippen molar-refractivity contribution in [3.8, 4) is 0 Å². The van der Waals surface area contributed by atoms with Gasteiger partial charge in [0, 0.05) is 15.0 Å². The molecule has 0 aliphatic carbocycles.